The Morgan fingerprint density at radius 3 is 2.14 bits per heavy atom. The first-order chi connectivity index (χ1) is 9.76. The molecule has 0 rings (SSSR count). The summed E-state index contributed by atoms with van der Waals surface area (Å²) in [5.74, 6) is 0. The van der Waals surface area contributed by atoms with Crippen LogP contribution in [0.1, 0.15) is 46.5 Å². The lowest BCUT2D eigenvalue weighted by molar-refractivity contribution is 0.0526. The highest BCUT2D eigenvalue weighted by molar-refractivity contribution is 5.67. The van der Waals surface area contributed by atoms with Crippen molar-refractivity contribution < 1.29 is 24.5 Å². The van der Waals surface area contributed by atoms with E-state index in [0.717, 1.165) is 0 Å². The Morgan fingerprint density at radius 1 is 1.10 bits per heavy atom. The second kappa shape index (κ2) is 10.3. The van der Waals surface area contributed by atoms with Crippen LogP contribution in [-0.4, -0.2) is 59.1 Å². The zero-order valence-electron chi connectivity index (χ0n) is 13.2. The Balaban J connectivity index is 3.75. The zero-order chi connectivity index (χ0) is 16.3. The molecule has 0 atom stereocenters. The predicted octanol–water partition coefficient (Wildman–Crippen LogP) is 2.04. The number of carbonyl (C=O) groups is 2. The minimum Gasteiger partial charge on any atom is -0.465 e. The van der Waals surface area contributed by atoms with Crippen LogP contribution in [0.5, 0.6) is 0 Å². The molecule has 2 amide bonds. The summed E-state index contributed by atoms with van der Waals surface area (Å²) < 4.78 is 5.09. The van der Waals surface area contributed by atoms with Crippen molar-refractivity contribution in [2.75, 3.05) is 26.2 Å². The molecule has 124 valence electrons. The number of hydrogen-bond acceptors (Lipinski definition) is 4. The standard InChI is InChI=1S/C14H28N2O5/c1-14(2,3)21-12(18)15-8-4-5-9-16(13(19)20)10-6-7-11-17/h17H,4-11H2,1-3H3,(H,15,18)(H,19,20). The number of hydrogen-bond donors (Lipinski definition) is 3. The van der Waals surface area contributed by atoms with Gasteiger partial charge in [0.1, 0.15) is 5.60 Å². The molecule has 7 nitrogen and oxygen atoms in total. The molecule has 0 saturated carbocycles. The van der Waals surface area contributed by atoms with E-state index in [1.54, 1.807) is 20.8 Å². The lowest BCUT2D eigenvalue weighted by Gasteiger charge is -2.20. The fourth-order valence-corrected chi connectivity index (χ4v) is 1.65. The second-order valence-electron chi connectivity index (χ2n) is 5.84. The summed E-state index contributed by atoms with van der Waals surface area (Å²) in [6.07, 6.45) is 1.20. The molecule has 3 N–H and O–H groups in total. The molecular formula is C14H28N2O5. The molecule has 0 aromatic rings. The number of rotatable bonds is 9. The molecule has 0 heterocycles. The first-order valence-electron chi connectivity index (χ1n) is 7.32. The number of aliphatic hydroxyl groups is 1. The fraction of sp³-hybridized carbons (Fsp3) is 0.857. The third-order valence-electron chi connectivity index (χ3n) is 2.63. The van der Waals surface area contributed by atoms with Crippen molar-refractivity contribution in [2.24, 2.45) is 0 Å². The molecule has 0 bridgehead atoms. The van der Waals surface area contributed by atoms with Gasteiger partial charge in [-0.1, -0.05) is 0 Å². The third kappa shape index (κ3) is 12.0. The summed E-state index contributed by atoms with van der Waals surface area (Å²) in [4.78, 5) is 23.7. The largest absolute Gasteiger partial charge is 0.465 e. The Labute approximate surface area is 126 Å². The van der Waals surface area contributed by atoms with Crippen LogP contribution >= 0.6 is 0 Å². The highest BCUT2D eigenvalue weighted by Gasteiger charge is 2.15. The van der Waals surface area contributed by atoms with E-state index in [4.69, 9.17) is 14.9 Å². The smallest absolute Gasteiger partial charge is 0.407 e. The Hall–Kier alpha value is -1.50. The lowest BCUT2D eigenvalue weighted by Crippen LogP contribution is -2.34. The van der Waals surface area contributed by atoms with Gasteiger partial charge in [0, 0.05) is 26.2 Å². The van der Waals surface area contributed by atoms with Crippen LogP contribution in [0.25, 0.3) is 0 Å². The number of unbranched alkanes of at least 4 members (excludes halogenated alkanes) is 2. The molecule has 7 heteroatoms. The number of carboxylic acid groups (broad SMARTS) is 1. The molecule has 0 aliphatic heterocycles. The molecule has 0 radical (unpaired) electrons. The van der Waals surface area contributed by atoms with E-state index < -0.39 is 17.8 Å². The molecule has 0 fully saturated rings. The van der Waals surface area contributed by atoms with Crippen LogP contribution < -0.4 is 5.32 Å². The van der Waals surface area contributed by atoms with Gasteiger partial charge in [0.05, 0.1) is 0 Å². The van der Waals surface area contributed by atoms with E-state index in [9.17, 15) is 9.59 Å². The first-order valence-corrected chi connectivity index (χ1v) is 7.32. The lowest BCUT2D eigenvalue weighted by atomic mass is 10.2. The van der Waals surface area contributed by atoms with Crippen molar-refractivity contribution in [3.8, 4) is 0 Å². The summed E-state index contributed by atoms with van der Waals surface area (Å²) in [6, 6.07) is 0. The van der Waals surface area contributed by atoms with Gasteiger partial charge in [0.2, 0.25) is 0 Å². The van der Waals surface area contributed by atoms with E-state index in [1.165, 1.54) is 4.90 Å². The molecular weight excluding hydrogens is 276 g/mol. The summed E-state index contributed by atoms with van der Waals surface area (Å²) in [7, 11) is 0. The van der Waals surface area contributed by atoms with E-state index in [2.05, 4.69) is 5.32 Å². The number of aliphatic hydroxyl groups excluding tert-OH is 1. The van der Waals surface area contributed by atoms with Crippen molar-refractivity contribution in [3.05, 3.63) is 0 Å². The maximum Gasteiger partial charge on any atom is 0.407 e. The van der Waals surface area contributed by atoms with Crippen molar-refractivity contribution in [1.82, 2.24) is 10.2 Å². The minimum absolute atomic E-state index is 0.0767. The summed E-state index contributed by atoms with van der Waals surface area (Å²) in [6.45, 7) is 6.77. The summed E-state index contributed by atoms with van der Waals surface area (Å²) in [5.41, 5.74) is -0.517. The number of nitrogens with zero attached hydrogens (tertiary/aromatic N) is 1. The Morgan fingerprint density at radius 2 is 1.67 bits per heavy atom. The van der Waals surface area contributed by atoms with Gasteiger partial charge >= 0.3 is 12.2 Å². The number of alkyl carbamates (subject to hydrolysis) is 1. The molecule has 0 aromatic heterocycles. The quantitative estimate of drug-likeness (QED) is 0.566. The van der Waals surface area contributed by atoms with E-state index in [1.807, 2.05) is 0 Å². The van der Waals surface area contributed by atoms with Gasteiger partial charge in [-0.25, -0.2) is 9.59 Å². The number of amides is 2. The maximum absolute atomic E-state index is 11.4. The van der Waals surface area contributed by atoms with Gasteiger partial charge in [-0.15, -0.1) is 0 Å². The first kappa shape index (κ1) is 19.5. The highest BCUT2D eigenvalue weighted by atomic mass is 16.6. The second-order valence-corrected chi connectivity index (χ2v) is 5.84. The van der Waals surface area contributed by atoms with Crippen molar-refractivity contribution in [2.45, 2.75) is 52.1 Å². The molecule has 0 saturated heterocycles. The average molecular weight is 304 g/mol. The SMILES string of the molecule is CC(C)(C)OC(=O)NCCCCN(CCCCO)C(=O)O. The number of carbonyl (C=O) groups excluding carboxylic acids is 1. The van der Waals surface area contributed by atoms with Gasteiger partial charge in [-0.3, -0.25) is 0 Å². The fourth-order valence-electron chi connectivity index (χ4n) is 1.65. The van der Waals surface area contributed by atoms with Gasteiger partial charge in [0.15, 0.2) is 0 Å². The van der Waals surface area contributed by atoms with E-state index >= 15 is 0 Å². The van der Waals surface area contributed by atoms with Crippen molar-refractivity contribution >= 4 is 12.2 Å². The maximum atomic E-state index is 11.4. The topological polar surface area (TPSA) is 99.1 Å². The molecule has 21 heavy (non-hydrogen) atoms. The van der Waals surface area contributed by atoms with Crippen LogP contribution in [0.15, 0.2) is 0 Å². The molecule has 0 aliphatic rings. The monoisotopic (exact) mass is 304 g/mol. The molecule has 0 unspecified atom stereocenters. The minimum atomic E-state index is -0.951. The number of nitrogens with one attached hydrogen (secondary N) is 1. The van der Waals surface area contributed by atoms with Crippen molar-refractivity contribution in [1.29, 1.82) is 0 Å². The van der Waals surface area contributed by atoms with E-state index in [0.29, 0.717) is 45.3 Å². The van der Waals surface area contributed by atoms with Crippen LogP contribution in [0.2, 0.25) is 0 Å². The van der Waals surface area contributed by atoms with Gasteiger partial charge in [-0.05, 0) is 46.5 Å². The van der Waals surface area contributed by atoms with E-state index in [-0.39, 0.29) is 6.61 Å². The van der Waals surface area contributed by atoms with Crippen LogP contribution in [0, 0.1) is 0 Å². The summed E-state index contributed by atoms with van der Waals surface area (Å²) >= 11 is 0. The average Bonchev–Trinajstić information content (AvgIpc) is 2.33. The third-order valence-corrected chi connectivity index (χ3v) is 2.63. The Kier molecular flexibility index (Phi) is 9.53. The predicted molar refractivity (Wildman–Crippen MR) is 79.4 cm³/mol. The number of ether oxygens (including phenoxy) is 1. The summed E-state index contributed by atoms with van der Waals surface area (Å²) in [5, 5.41) is 20.3. The van der Waals surface area contributed by atoms with Crippen molar-refractivity contribution in [3.63, 3.8) is 0 Å². The van der Waals surface area contributed by atoms with Gasteiger partial charge in [-0.2, -0.15) is 0 Å². The van der Waals surface area contributed by atoms with Gasteiger partial charge in [0.25, 0.3) is 0 Å². The normalized spacial score (nSPS) is 11.0. The van der Waals surface area contributed by atoms with Gasteiger partial charge < -0.3 is 25.2 Å². The molecule has 0 aliphatic carbocycles. The zero-order valence-corrected chi connectivity index (χ0v) is 13.2. The molecule has 0 spiro atoms. The Bertz CT molecular complexity index is 315. The van der Waals surface area contributed by atoms with Crippen LogP contribution in [0.3, 0.4) is 0 Å². The molecule has 0 aromatic carbocycles. The van der Waals surface area contributed by atoms with Crippen LogP contribution in [0.4, 0.5) is 9.59 Å². The highest BCUT2D eigenvalue weighted by Crippen LogP contribution is 2.06. The van der Waals surface area contributed by atoms with Crippen LogP contribution in [-0.2, 0) is 4.74 Å².